The fourth-order valence-corrected chi connectivity index (χ4v) is 2.57. The van der Waals surface area contributed by atoms with E-state index in [1.165, 1.54) is 0 Å². The molecule has 1 N–H and O–H groups in total. The van der Waals surface area contributed by atoms with E-state index in [1.807, 2.05) is 29.1 Å². The first-order valence-electron chi connectivity index (χ1n) is 7.43. The van der Waals surface area contributed by atoms with Gasteiger partial charge in [-0.05, 0) is 30.7 Å². The number of benzene rings is 2. The SMILES string of the molecule is CCc1cc(-c2ccc(-n3cc4ccccc4n3)cc2)n[nH]1. The average molecular weight is 288 g/mol. The minimum Gasteiger partial charge on any atom is -0.282 e. The molecule has 4 aromatic rings. The van der Waals surface area contributed by atoms with Crippen LogP contribution in [0.4, 0.5) is 0 Å². The maximum absolute atomic E-state index is 4.60. The summed E-state index contributed by atoms with van der Waals surface area (Å²) in [6.07, 6.45) is 3.01. The summed E-state index contributed by atoms with van der Waals surface area (Å²) in [7, 11) is 0. The minimum atomic E-state index is 0.963. The molecule has 0 fully saturated rings. The van der Waals surface area contributed by atoms with Crippen LogP contribution in [0.25, 0.3) is 27.8 Å². The number of hydrogen-bond donors (Lipinski definition) is 1. The van der Waals surface area contributed by atoms with Gasteiger partial charge in [0.1, 0.15) is 0 Å². The Morgan fingerprint density at radius 3 is 2.59 bits per heavy atom. The van der Waals surface area contributed by atoms with Gasteiger partial charge < -0.3 is 0 Å². The number of nitrogens with zero attached hydrogens (tertiary/aromatic N) is 3. The first-order chi connectivity index (χ1) is 10.8. The van der Waals surface area contributed by atoms with Crippen molar-refractivity contribution in [2.75, 3.05) is 0 Å². The van der Waals surface area contributed by atoms with Gasteiger partial charge in [-0.3, -0.25) is 5.10 Å². The first-order valence-corrected chi connectivity index (χ1v) is 7.43. The smallest absolute Gasteiger partial charge is 0.0927 e. The molecule has 22 heavy (non-hydrogen) atoms. The number of hydrogen-bond acceptors (Lipinski definition) is 2. The fraction of sp³-hybridized carbons (Fsp3) is 0.111. The van der Waals surface area contributed by atoms with Crippen molar-refractivity contribution in [3.8, 4) is 16.9 Å². The van der Waals surface area contributed by atoms with Crippen molar-refractivity contribution in [3.05, 3.63) is 66.5 Å². The molecule has 2 aromatic carbocycles. The summed E-state index contributed by atoms with van der Waals surface area (Å²) in [6.45, 7) is 2.11. The van der Waals surface area contributed by atoms with Gasteiger partial charge in [-0.1, -0.05) is 37.3 Å². The molecule has 0 aliphatic rings. The maximum Gasteiger partial charge on any atom is 0.0927 e. The second-order valence-corrected chi connectivity index (χ2v) is 5.31. The van der Waals surface area contributed by atoms with Crippen LogP contribution in [-0.2, 0) is 6.42 Å². The van der Waals surface area contributed by atoms with Gasteiger partial charge in [-0.25, -0.2) is 4.68 Å². The topological polar surface area (TPSA) is 46.5 Å². The zero-order valence-electron chi connectivity index (χ0n) is 12.3. The van der Waals surface area contributed by atoms with Gasteiger partial charge in [0.2, 0.25) is 0 Å². The number of rotatable bonds is 3. The Morgan fingerprint density at radius 2 is 1.86 bits per heavy atom. The summed E-state index contributed by atoms with van der Waals surface area (Å²) >= 11 is 0. The average Bonchev–Trinajstić information content (AvgIpc) is 3.21. The molecule has 0 atom stereocenters. The van der Waals surface area contributed by atoms with E-state index in [4.69, 9.17) is 0 Å². The normalized spacial score (nSPS) is 11.1. The second kappa shape index (κ2) is 5.15. The number of aromatic amines is 1. The molecule has 4 heteroatoms. The Balaban J connectivity index is 1.68. The maximum atomic E-state index is 4.60. The third-order valence-electron chi connectivity index (χ3n) is 3.85. The summed E-state index contributed by atoms with van der Waals surface area (Å²) in [6, 6.07) is 18.5. The number of fused-ring (bicyclic) bond motifs is 1. The largest absolute Gasteiger partial charge is 0.282 e. The van der Waals surface area contributed by atoms with Crippen molar-refractivity contribution in [3.63, 3.8) is 0 Å². The van der Waals surface area contributed by atoms with Gasteiger partial charge in [-0.2, -0.15) is 10.2 Å². The van der Waals surface area contributed by atoms with Crippen molar-refractivity contribution in [2.45, 2.75) is 13.3 Å². The molecular formula is C18H16N4. The monoisotopic (exact) mass is 288 g/mol. The molecule has 0 amide bonds. The van der Waals surface area contributed by atoms with E-state index in [2.05, 4.69) is 58.6 Å². The standard InChI is InChI=1S/C18H16N4/c1-2-15-11-18(20-19-15)13-7-9-16(10-8-13)22-12-14-5-3-4-6-17(14)21-22/h3-12H,2H2,1H3,(H,19,20). The lowest BCUT2D eigenvalue weighted by Gasteiger charge is -2.02. The summed E-state index contributed by atoms with van der Waals surface area (Å²) < 4.78 is 1.91. The van der Waals surface area contributed by atoms with Gasteiger partial charge in [0.05, 0.1) is 16.9 Å². The molecule has 0 spiro atoms. The van der Waals surface area contributed by atoms with Crippen molar-refractivity contribution >= 4 is 10.9 Å². The number of H-pyrrole nitrogens is 1. The quantitative estimate of drug-likeness (QED) is 0.620. The summed E-state index contributed by atoms with van der Waals surface area (Å²) in [5.74, 6) is 0. The van der Waals surface area contributed by atoms with Crippen LogP contribution in [0.1, 0.15) is 12.6 Å². The lowest BCUT2D eigenvalue weighted by molar-refractivity contribution is 0.896. The molecule has 0 saturated carbocycles. The highest BCUT2D eigenvalue weighted by Gasteiger charge is 2.05. The third-order valence-corrected chi connectivity index (χ3v) is 3.85. The summed E-state index contributed by atoms with van der Waals surface area (Å²) in [4.78, 5) is 0. The van der Waals surface area contributed by atoms with E-state index in [-0.39, 0.29) is 0 Å². The predicted molar refractivity (Wildman–Crippen MR) is 88.0 cm³/mol. The highest BCUT2D eigenvalue weighted by atomic mass is 15.3. The first kappa shape index (κ1) is 12.8. The Hall–Kier alpha value is -2.88. The van der Waals surface area contributed by atoms with Crippen LogP contribution in [0.15, 0.2) is 60.8 Å². The molecule has 0 bridgehead atoms. The molecular weight excluding hydrogens is 272 g/mol. The van der Waals surface area contributed by atoms with E-state index < -0.39 is 0 Å². The predicted octanol–water partition coefficient (Wildman–Crippen LogP) is 3.98. The third kappa shape index (κ3) is 2.19. The highest BCUT2D eigenvalue weighted by molar-refractivity contribution is 5.78. The summed E-state index contributed by atoms with van der Waals surface area (Å²) in [5.41, 5.74) is 5.29. The van der Waals surface area contributed by atoms with Crippen LogP contribution >= 0.6 is 0 Å². The van der Waals surface area contributed by atoms with Crippen molar-refractivity contribution in [1.82, 2.24) is 20.0 Å². The summed E-state index contributed by atoms with van der Waals surface area (Å²) in [5, 5.41) is 13.1. The minimum absolute atomic E-state index is 0.963. The Labute approximate surface area is 128 Å². The second-order valence-electron chi connectivity index (χ2n) is 5.31. The number of aromatic nitrogens is 4. The Bertz CT molecular complexity index is 883. The molecule has 108 valence electrons. The fourth-order valence-electron chi connectivity index (χ4n) is 2.57. The van der Waals surface area contributed by atoms with E-state index in [0.717, 1.165) is 40.0 Å². The van der Waals surface area contributed by atoms with Crippen LogP contribution in [0, 0.1) is 0 Å². The zero-order valence-corrected chi connectivity index (χ0v) is 12.3. The molecule has 0 saturated heterocycles. The van der Waals surface area contributed by atoms with Crippen molar-refractivity contribution in [1.29, 1.82) is 0 Å². The van der Waals surface area contributed by atoms with Crippen LogP contribution < -0.4 is 0 Å². The van der Waals surface area contributed by atoms with Crippen LogP contribution in [0.3, 0.4) is 0 Å². The van der Waals surface area contributed by atoms with Gasteiger partial charge in [0, 0.05) is 22.8 Å². The van der Waals surface area contributed by atoms with Gasteiger partial charge in [0.25, 0.3) is 0 Å². The van der Waals surface area contributed by atoms with E-state index in [9.17, 15) is 0 Å². The van der Waals surface area contributed by atoms with Crippen molar-refractivity contribution in [2.24, 2.45) is 0 Å². The van der Waals surface area contributed by atoms with E-state index in [1.54, 1.807) is 0 Å². The van der Waals surface area contributed by atoms with Crippen LogP contribution in [0.2, 0.25) is 0 Å². The number of aryl methyl sites for hydroxylation is 1. The van der Waals surface area contributed by atoms with Gasteiger partial charge >= 0.3 is 0 Å². The van der Waals surface area contributed by atoms with E-state index >= 15 is 0 Å². The molecule has 4 rings (SSSR count). The molecule has 4 nitrogen and oxygen atoms in total. The lowest BCUT2D eigenvalue weighted by Crippen LogP contribution is -1.93. The number of nitrogens with one attached hydrogen (secondary N) is 1. The van der Waals surface area contributed by atoms with Crippen LogP contribution in [-0.4, -0.2) is 20.0 Å². The van der Waals surface area contributed by atoms with Crippen molar-refractivity contribution < 1.29 is 0 Å². The molecule has 2 aromatic heterocycles. The van der Waals surface area contributed by atoms with E-state index in [0.29, 0.717) is 0 Å². The van der Waals surface area contributed by atoms with Gasteiger partial charge in [-0.15, -0.1) is 0 Å². The molecule has 0 aliphatic carbocycles. The molecule has 0 aliphatic heterocycles. The zero-order chi connectivity index (χ0) is 14.9. The Morgan fingerprint density at radius 1 is 1.05 bits per heavy atom. The lowest BCUT2D eigenvalue weighted by atomic mass is 10.1. The molecule has 0 radical (unpaired) electrons. The Kier molecular flexibility index (Phi) is 3.00. The highest BCUT2D eigenvalue weighted by Crippen LogP contribution is 2.21. The molecule has 2 heterocycles. The molecule has 0 unspecified atom stereocenters. The van der Waals surface area contributed by atoms with Crippen LogP contribution in [0.5, 0.6) is 0 Å². The van der Waals surface area contributed by atoms with Gasteiger partial charge in [0.15, 0.2) is 0 Å².